The SMILES string of the molecule is COc1cc(CCN[C@H]2CCCN(c3ccc(N)nc3)C2)ccn1. The van der Waals surface area contributed by atoms with Gasteiger partial charge in [0.15, 0.2) is 0 Å². The lowest BCUT2D eigenvalue weighted by Crippen LogP contribution is -2.46. The molecule has 0 amide bonds. The number of pyridine rings is 2. The van der Waals surface area contributed by atoms with Crippen molar-refractivity contribution in [2.75, 3.05) is 37.4 Å². The molecule has 1 fully saturated rings. The van der Waals surface area contributed by atoms with Gasteiger partial charge in [0.1, 0.15) is 5.82 Å². The highest BCUT2D eigenvalue weighted by molar-refractivity contribution is 5.48. The highest BCUT2D eigenvalue weighted by atomic mass is 16.5. The number of methoxy groups -OCH3 is 1. The van der Waals surface area contributed by atoms with Gasteiger partial charge in [-0.3, -0.25) is 0 Å². The third-order valence-corrected chi connectivity index (χ3v) is 4.41. The summed E-state index contributed by atoms with van der Waals surface area (Å²) in [5, 5.41) is 3.67. The molecule has 1 aliphatic heterocycles. The Balaban J connectivity index is 1.49. The number of hydrogen-bond donors (Lipinski definition) is 2. The highest BCUT2D eigenvalue weighted by Gasteiger charge is 2.19. The number of aromatic nitrogens is 2. The molecule has 2 aromatic rings. The Kier molecular flexibility index (Phi) is 5.48. The molecule has 0 unspecified atom stereocenters. The first-order chi connectivity index (χ1) is 11.7. The molecule has 3 N–H and O–H groups in total. The number of nitrogens with zero attached hydrogens (tertiary/aromatic N) is 3. The molecule has 128 valence electrons. The molecule has 6 heteroatoms. The number of nitrogens with one attached hydrogen (secondary N) is 1. The third kappa shape index (κ3) is 4.35. The second-order valence-electron chi connectivity index (χ2n) is 6.14. The van der Waals surface area contributed by atoms with Crippen molar-refractivity contribution in [2.24, 2.45) is 0 Å². The van der Waals surface area contributed by atoms with E-state index in [9.17, 15) is 0 Å². The van der Waals surface area contributed by atoms with Gasteiger partial charge in [-0.15, -0.1) is 0 Å². The zero-order valence-corrected chi connectivity index (χ0v) is 14.1. The van der Waals surface area contributed by atoms with E-state index in [0.717, 1.165) is 31.7 Å². The van der Waals surface area contributed by atoms with Gasteiger partial charge in [-0.05, 0) is 49.6 Å². The summed E-state index contributed by atoms with van der Waals surface area (Å²) >= 11 is 0. The smallest absolute Gasteiger partial charge is 0.213 e. The predicted molar refractivity (Wildman–Crippen MR) is 96.4 cm³/mol. The number of nitrogen functional groups attached to an aromatic ring is 1. The topological polar surface area (TPSA) is 76.3 Å². The van der Waals surface area contributed by atoms with Gasteiger partial charge in [0, 0.05) is 31.4 Å². The van der Waals surface area contributed by atoms with E-state index in [1.54, 1.807) is 13.3 Å². The first-order valence-corrected chi connectivity index (χ1v) is 8.43. The van der Waals surface area contributed by atoms with Crippen LogP contribution in [-0.2, 0) is 6.42 Å². The minimum atomic E-state index is 0.500. The minimum absolute atomic E-state index is 0.500. The molecular weight excluding hydrogens is 302 g/mol. The molecule has 0 aromatic carbocycles. The highest BCUT2D eigenvalue weighted by Crippen LogP contribution is 2.19. The van der Waals surface area contributed by atoms with Crippen LogP contribution in [0.3, 0.4) is 0 Å². The molecule has 0 saturated carbocycles. The summed E-state index contributed by atoms with van der Waals surface area (Å²) in [6.07, 6.45) is 7.02. The lowest BCUT2D eigenvalue weighted by Gasteiger charge is -2.34. The molecule has 1 saturated heterocycles. The van der Waals surface area contributed by atoms with E-state index in [1.807, 2.05) is 30.5 Å². The molecule has 0 radical (unpaired) electrons. The molecule has 24 heavy (non-hydrogen) atoms. The third-order valence-electron chi connectivity index (χ3n) is 4.41. The van der Waals surface area contributed by atoms with Crippen LogP contribution >= 0.6 is 0 Å². The number of ether oxygens (including phenoxy) is 1. The summed E-state index contributed by atoms with van der Waals surface area (Å²) in [6, 6.07) is 8.45. The lowest BCUT2D eigenvalue weighted by atomic mass is 10.0. The lowest BCUT2D eigenvalue weighted by molar-refractivity contribution is 0.396. The van der Waals surface area contributed by atoms with E-state index < -0.39 is 0 Å². The molecule has 2 aromatic heterocycles. The van der Waals surface area contributed by atoms with E-state index in [4.69, 9.17) is 10.5 Å². The Morgan fingerprint density at radius 3 is 3.04 bits per heavy atom. The molecule has 1 atom stereocenters. The van der Waals surface area contributed by atoms with Crippen molar-refractivity contribution >= 4 is 11.5 Å². The second-order valence-corrected chi connectivity index (χ2v) is 6.14. The van der Waals surface area contributed by atoms with Crippen LogP contribution in [0, 0.1) is 0 Å². The zero-order chi connectivity index (χ0) is 16.8. The van der Waals surface area contributed by atoms with Crippen LogP contribution in [-0.4, -0.2) is 42.8 Å². The minimum Gasteiger partial charge on any atom is -0.481 e. The molecular formula is C18H25N5O. The molecule has 0 bridgehead atoms. The van der Waals surface area contributed by atoms with Crippen molar-refractivity contribution in [1.82, 2.24) is 15.3 Å². The largest absolute Gasteiger partial charge is 0.481 e. The number of rotatable bonds is 6. The van der Waals surface area contributed by atoms with Gasteiger partial charge in [0.25, 0.3) is 0 Å². The monoisotopic (exact) mass is 327 g/mol. The van der Waals surface area contributed by atoms with Gasteiger partial charge in [-0.1, -0.05) is 0 Å². The van der Waals surface area contributed by atoms with Crippen molar-refractivity contribution in [3.63, 3.8) is 0 Å². The van der Waals surface area contributed by atoms with Crippen molar-refractivity contribution in [3.05, 3.63) is 42.2 Å². The fraction of sp³-hybridized carbons (Fsp3) is 0.444. The number of hydrogen-bond acceptors (Lipinski definition) is 6. The molecule has 0 spiro atoms. The van der Waals surface area contributed by atoms with Crippen molar-refractivity contribution < 1.29 is 4.74 Å². The maximum Gasteiger partial charge on any atom is 0.213 e. The Morgan fingerprint density at radius 2 is 2.25 bits per heavy atom. The van der Waals surface area contributed by atoms with Crippen LogP contribution in [0.15, 0.2) is 36.7 Å². The van der Waals surface area contributed by atoms with Crippen LogP contribution in [0.2, 0.25) is 0 Å². The summed E-state index contributed by atoms with van der Waals surface area (Å²) in [5.41, 5.74) is 8.06. The summed E-state index contributed by atoms with van der Waals surface area (Å²) in [6.45, 7) is 3.03. The van der Waals surface area contributed by atoms with E-state index >= 15 is 0 Å². The van der Waals surface area contributed by atoms with Crippen molar-refractivity contribution in [2.45, 2.75) is 25.3 Å². The average Bonchev–Trinajstić information content (AvgIpc) is 2.63. The second kappa shape index (κ2) is 7.97. The molecule has 3 heterocycles. The van der Waals surface area contributed by atoms with Crippen LogP contribution < -0.4 is 20.7 Å². The van der Waals surface area contributed by atoms with Crippen molar-refractivity contribution in [3.8, 4) is 5.88 Å². The van der Waals surface area contributed by atoms with Crippen molar-refractivity contribution in [1.29, 1.82) is 0 Å². The molecule has 3 rings (SSSR count). The quantitative estimate of drug-likeness (QED) is 0.843. The van der Waals surface area contributed by atoms with Gasteiger partial charge in [0.2, 0.25) is 5.88 Å². The van der Waals surface area contributed by atoms with Gasteiger partial charge < -0.3 is 20.7 Å². The van der Waals surface area contributed by atoms with Crippen LogP contribution in [0.5, 0.6) is 5.88 Å². The molecule has 6 nitrogen and oxygen atoms in total. The van der Waals surface area contributed by atoms with E-state index in [2.05, 4.69) is 20.2 Å². The summed E-state index contributed by atoms with van der Waals surface area (Å²) < 4.78 is 5.17. The van der Waals surface area contributed by atoms with Crippen LogP contribution in [0.25, 0.3) is 0 Å². The van der Waals surface area contributed by atoms with Gasteiger partial charge >= 0.3 is 0 Å². The Hall–Kier alpha value is -2.34. The first kappa shape index (κ1) is 16.5. The van der Waals surface area contributed by atoms with E-state index in [-0.39, 0.29) is 0 Å². The first-order valence-electron chi connectivity index (χ1n) is 8.43. The Morgan fingerprint density at radius 1 is 1.33 bits per heavy atom. The fourth-order valence-electron chi connectivity index (χ4n) is 3.10. The number of piperidine rings is 1. The maximum atomic E-state index is 5.67. The zero-order valence-electron chi connectivity index (χ0n) is 14.1. The van der Waals surface area contributed by atoms with E-state index in [0.29, 0.717) is 17.7 Å². The summed E-state index contributed by atoms with van der Waals surface area (Å²) in [7, 11) is 1.65. The van der Waals surface area contributed by atoms with Gasteiger partial charge in [-0.25, -0.2) is 9.97 Å². The summed E-state index contributed by atoms with van der Waals surface area (Å²) in [4.78, 5) is 10.7. The Labute approximate surface area is 143 Å². The summed E-state index contributed by atoms with van der Waals surface area (Å²) in [5.74, 6) is 1.24. The average molecular weight is 327 g/mol. The van der Waals surface area contributed by atoms with E-state index in [1.165, 1.54) is 18.4 Å². The van der Waals surface area contributed by atoms with Gasteiger partial charge in [0.05, 0.1) is 19.0 Å². The standard InChI is InChI=1S/C18H25N5O/c1-24-18-11-14(7-9-21-18)6-8-20-15-3-2-10-23(13-15)16-4-5-17(19)22-12-16/h4-5,7,9,11-12,15,20H,2-3,6,8,10,13H2,1H3,(H2,19,22)/t15-/m0/s1. The predicted octanol–water partition coefficient (Wildman–Crippen LogP) is 1.87. The molecule has 0 aliphatic carbocycles. The number of nitrogens with two attached hydrogens (primary N) is 1. The van der Waals surface area contributed by atoms with Gasteiger partial charge in [-0.2, -0.15) is 0 Å². The maximum absolute atomic E-state index is 5.67. The normalized spacial score (nSPS) is 17.7. The Bertz CT molecular complexity index is 646. The van der Waals surface area contributed by atoms with Crippen LogP contribution in [0.4, 0.5) is 11.5 Å². The fourth-order valence-corrected chi connectivity index (χ4v) is 3.10. The molecule has 1 aliphatic rings. The number of anilines is 2. The van der Waals surface area contributed by atoms with Crippen LogP contribution in [0.1, 0.15) is 18.4 Å².